The number of oxazole rings is 1. The first kappa shape index (κ1) is 15.6. The fraction of sp³-hybridized carbons (Fsp3) is 0.625. The molecule has 1 unspecified atom stereocenters. The number of nitrogens with zero attached hydrogens (tertiary/aromatic N) is 3. The molecule has 1 saturated heterocycles. The van der Waals surface area contributed by atoms with Gasteiger partial charge in [-0.2, -0.15) is 0 Å². The zero-order valence-corrected chi connectivity index (χ0v) is 14.4. The quantitative estimate of drug-likeness (QED) is 0.868. The van der Waals surface area contributed by atoms with Crippen molar-refractivity contribution in [1.82, 2.24) is 14.9 Å². The van der Waals surface area contributed by atoms with Crippen molar-refractivity contribution in [3.63, 3.8) is 0 Å². The van der Waals surface area contributed by atoms with E-state index in [-0.39, 0.29) is 11.5 Å². The molecular weight excluding hydrogens is 298 g/mol. The van der Waals surface area contributed by atoms with Gasteiger partial charge in [0, 0.05) is 29.6 Å². The van der Waals surface area contributed by atoms with Crippen molar-refractivity contribution < 1.29 is 9.15 Å². The van der Waals surface area contributed by atoms with Crippen molar-refractivity contribution in [3.8, 4) is 0 Å². The Labute approximate surface area is 135 Å². The van der Waals surface area contributed by atoms with Crippen LogP contribution in [0.1, 0.15) is 49.2 Å². The van der Waals surface area contributed by atoms with Gasteiger partial charge in [0.05, 0.1) is 19.3 Å². The van der Waals surface area contributed by atoms with E-state index in [2.05, 4.69) is 41.0 Å². The summed E-state index contributed by atoms with van der Waals surface area (Å²) in [7, 11) is 0. The molecule has 3 heterocycles. The summed E-state index contributed by atoms with van der Waals surface area (Å²) in [6, 6.07) is 0. The Morgan fingerprint density at radius 2 is 2.23 bits per heavy atom. The standard InChI is InChI=1S/C16H23N3O2S/c1-11-10-22-15(18-11)12-8-19(5-6-20-12)9-14-17-7-13(21-14)16(2,3)4/h7,10,12H,5-6,8-9H2,1-4H3. The van der Waals surface area contributed by atoms with Gasteiger partial charge in [-0.15, -0.1) is 11.3 Å². The lowest BCUT2D eigenvalue weighted by Crippen LogP contribution is -2.37. The third-order valence-electron chi connectivity index (χ3n) is 3.71. The molecule has 0 amide bonds. The molecule has 0 bridgehead atoms. The second kappa shape index (κ2) is 6.10. The van der Waals surface area contributed by atoms with E-state index in [0.717, 1.165) is 48.6 Å². The molecule has 1 atom stereocenters. The van der Waals surface area contributed by atoms with E-state index >= 15 is 0 Å². The molecule has 1 aliphatic rings. The molecule has 0 radical (unpaired) electrons. The number of hydrogen-bond acceptors (Lipinski definition) is 6. The van der Waals surface area contributed by atoms with E-state index < -0.39 is 0 Å². The number of hydrogen-bond donors (Lipinski definition) is 0. The van der Waals surface area contributed by atoms with Gasteiger partial charge in [-0.3, -0.25) is 4.90 Å². The van der Waals surface area contributed by atoms with Gasteiger partial charge in [0.1, 0.15) is 16.9 Å². The first-order valence-electron chi connectivity index (χ1n) is 7.63. The average Bonchev–Trinajstić information content (AvgIpc) is 3.08. The minimum atomic E-state index is -0.00277. The highest BCUT2D eigenvalue weighted by molar-refractivity contribution is 7.09. The van der Waals surface area contributed by atoms with Crippen molar-refractivity contribution >= 4 is 11.3 Å². The Bertz CT molecular complexity index is 629. The Morgan fingerprint density at radius 1 is 1.41 bits per heavy atom. The van der Waals surface area contributed by atoms with E-state index in [1.54, 1.807) is 11.3 Å². The van der Waals surface area contributed by atoms with Crippen LogP contribution in [0.4, 0.5) is 0 Å². The van der Waals surface area contributed by atoms with Gasteiger partial charge in [0.2, 0.25) is 5.89 Å². The first-order valence-corrected chi connectivity index (χ1v) is 8.51. The molecule has 0 aliphatic carbocycles. The van der Waals surface area contributed by atoms with Gasteiger partial charge >= 0.3 is 0 Å². The minimum absolute atomic E-state index is 0.00277. The van der Waals surface area contributed by atoms with E-state index in [1.807, 2.05) is 13.1 Å². The average molecular weight is 321 g/mol. The molecule has 2 aromatic heterocycles. The van der Waals surface area contributed by atoms with Crippen LogP contribution in [0.2, 0.25) is 0 Å². The summed E-state index contributed by atoms with van der Waals surface area (Å²) in [5, 5.41) is 3.13. The zero-order valence-electron chi connectivity index (χ0n) is 13.6. The number of aromatic nitrogens is 2. The Kier molecular flexibility index (Phi) is 4.34. The lowest BCUT2D eigenvalue weighted by Gasteiger charge is -2.31. The Hall–Kier alpha value is -1.24. The summed E-state index contributed by atoms with van der Waals surface area (Å²) in [5.74, 6) is 1.71. The monoisotopic (exact) mass is 321 g/mol. The van der Waals surface area contributed by atoms with E-state index in [0.29, 0.717) is 0 Å². The molecule has 5 nitrogen and oxygen atoms in total. The lowest BCUT2D eigenvalue weighted by atomic mass is 9.94. The molecule has 22 heavy (non-hydrogen) atoms. The van der Waals surface area contributed by atoms with E-state index in [4.69, 9.17) is 9.15 Å². The topological polar surface area (TPSA) is 51.4 Å². The summed E-state index contributed by atoms with van der Waals surface area (Å²) in [6.07, 6.45) is 1.90. The second-order valence-electron chi connectivity index (χ2n) is 6.79. The van der Waals surface area contributed by atoms with Gasteiger partial charge in [0.25, 0.3) is 0 Å². The lowest BCUT2D eigenvalue weighted by molar-refractivity contribution is -0.0354. The molecular formula is C16H23N3O2S. The maximum absolute atomic E-state index is 5.89. The minimum Gasteiger partial charge on any atom is -0.444 e. The number of morpholine rings is 1. The van der Waals surface area contributed by atoms with Crippen LogP contribution >= 0.6 is 11.3 Å². The molecule has 1 fully saturated rings. The van der Waals surface area contributed by atoms with Crippen molar-refractivity contribution in [1.29, 1.82) is 0 Å². The highest BCUT2D eigenvalue weighted by Gasteiger charge is 2.26. The highest BCUT2D eigenvalue weighted by atomic mass is 32.1. The van der Waals surface area contributed by atoms with Crippen LogP contribution in [0.5, 0.6) is 0 Å². The largest absolute Gasteiger partial charge is 0.444 e. The van der Waals surface area contributed by atoms with Crippen LogP contribution in [0.3, 0.4) is 0 Å². The fourth-order valence-corrected chi connectivity index (χ4v) is 3.27. The molecule has 3 rings (SSSR count). The molecule has 0 N–H and O–H groups in total. The molecule has 0 saturated carbocycles. The predicted octanol–water partition coefficient (Wildman–Crippen LogP) is 3.31. The second-order valence-corrected chi connectivity index (χ2v) is 7.68. The SMILES string of the molecule is Cc1csc(C2CN(Cc3ncc(C(C)(C)C)o3)CCO2)n1. The number of thiazole rings is 1. The van der Waals surface area contributed by atoms with Gasteiger partial charge in [-0.1, -0.05) is 20.8 Å². The number of ether oxygens (including phenoxy) is 1. The number of aryl methyl sites for hydroxylation is 1. The van der Waals surface area contributed by atoms with Gasteiger partial charge in [-0.05, 0) is 6.92 Å². The normalized spacial score (nSPS) is 20.5. The van der Waals surface area contributed by atoms with Crippen LogP contribution in [0.25, 0.3) is 0 Å². The van der Waals surface area contributed by atoms with Crippen molar-refractivity contribution in [3.05, 3.63) is 33.9 Å². The summed E-state index contributed by atoms with van der Waals surface area (Å²) in [5.41, 5.74) is 1.06. The maximum atomic E-state index is 5.89. The van der Waals surface area contributed by atoms with Crippen LogP contribution in [0.15, 0.2) is 16.0 Å². The zero-order chi connectivity index (χ0) is 15.7. The van der Waals surface area contributed by atoms with Crippen LogP contribution in [-0.4, -0.2) is 34.6 Å². The molecule has 0 spiro atoms. The molecule has 120 valence electrons. The number of rotatable bonds is 3. The smallest absolute Gasteiger partial charge is 0.208 e. The molecule has 2 aromatic rings. The van der Waals surface area contributed by atoms with Crippen molar-refractivity contribution in [2.24, 2.45) is 0 Å². The van der Waals surface area contributed by atoms with Crippen LogP contribution in [-0.2, 0) is 16.7 Å². The van der Waals surface area contributed by atoms with Gasteiger partial charge in [0.15, 0.2) is 0 Å². The molecule has 1 aliphatic heterocycles. The van der Waals surface area contributed by atoms with E-state index in [9.17, 15) is 0 Å². The third kappa shape index (κ3) is 3.56. The van der Waals surface area contributed by atoms with Crippen LogP contribution in [0, 0.1) is 6.92 Å². The Balaban J connectivity index is 1.64. The summed E-state index contributed by atoms with van der Waals surface area (Å²) >= 11 is 1.67. The third-order valence-corrected chi connectivity index (χ3v) is 4.77. The predicted molar refractivity (Wildman–Crippen MR) is 86.0 cm³/mol. The first-order chi connectivity index (χ1) is 10.4. The fourth-order valence-electron chi connectivity index (χ4n) is 2.44. The highest BCUT2D eigenvalue weighted by Crippen LogP contribution is 2.27. The summed E-state index contributed by atoms with van der Waals surface area (Å²) in [6.45, 7) is 11.6. The molecule has 6 heteroatoms. The van der Waals surface area contributed by atoms with Gasteiger partial charge in [-0.25, -0.2) is 9.97 Å². The molecule has 0 aromatic carbocycles. The summed E-state index contributed by atoms with van der Waals surface area (Å²) in [4.78, 5) is 11.3. The van der Waals surface area contributed by atoms with Crippen molar-refractivity contribution in [2.75, 3.05) is 19.7 Å². The maximum Gasteiger partial charge on any atom is 0.208 e. The van der Waals surface area contributed by atoms with Gasteiger partial charge < -0.3 is 9.15 Å². The summed E-state index contributed by atoms with van der Waals surface area (Å²) < 4.78 is 11.7. The van der Waals surface area contributed by atoms with Crippen LogP contribution < -0.4 is 0 Å². The van der Waals surface area contributed by atoms with E-state index in [1.165, 1.54) is 0 Å². The Morgan fingerprint density at radius 3 is 2.86 bits per heavy atom. The van der Waals surface area contributed by atoms with Crippen molar-refractivity contribution in [2.45, 2.75) is 45.8 Å².